The van der Waals surface area contributed by atoms with E-state index < -0.39 is 0 Å². The van der Waals surface area contributed by atoms with Crippen LogP contribution in [0.2, 0.25) is 0 Å². The molecule has 5 nitrogen and oxygen atoms in total. The van der Waals surface area contributed by atoms with Crippen molar-refractivity contribution in [3.05, 3.63) is 46.2 Å². The van der Waals surface area contributed by atoms with Crippen LogP contribution in [0.15, 0.2) is 34.6 Å². The van der Waals surface area contributed by atoms with Crippen molar-refractivity contribution < 1.29 is 4.39 Å². The molecule has 2 aromatic rings. The minimum Gasteiger partial charge on any atom is -0.370 e. The smallest absolute Gasteiger partial charge is 0.191 e. The first-order valence-electron chi connectivity index (χ1n) is 7.58. The number of aryl methyl sites for hydroxylation is 1. The Labute approximate surface area is 162 Å². The maximum atomic E-state index is 13.0. The van der Waals surface area contributed by atoms with Gasteiger partial charge in [0.25, 0.3) is 0 Å². The first kappa shape index (κ1) is 18.9. The number of piperazine rings is 1. The van der Waals surface area contributed by atoms with Gasteiger partial charge in [-0.25, -0.2) is 14.4 Å². The number of nitrogens with zero attached hydrogens (tertiary/aromatic N) is 4. The fourth-order valence-corrected chi connectivity index (χ4v) is 3.26. The average molecular weight is 461 g/mol. The summed E-state index contributed by atoms with van der Waals surface area (Å²) in [7, 11) is 0. The molecule has 0 unspecified atom stereocenters. The number of hydrogen-bond donors (Lipinski definition) is 1. The van der Waals surface area contributed by atoms with E-state index in [4.69, 9.17) is 5.73 Å². The van der Waals surface area contributed by atoms with E-state index in [2.05, 4.69) is 19.8 Å². The molecule has 0 radical (unpaired) electrons. The molecule has 1 saturated heterocycles. The van der Waals surface area contributed by atoms with Gasteiger partial charge in [-0.2, -0.15) is 0 Å². The third-order valence-corrected chi connectivity index (χ3v) is 4.79. The van der Waals surface area contributed by atoms with Crippen LogP contribution < -0.4 is 10.6 Å². The van der Waals surface area contributed by atoms with Gasteiger partial charge in [-0.05, 0) is 31.2 Å². The summed E-state index contributed by atoms with van der Waals surface area (Å²) in [5, 5.41) is 3.00. The van der Waals surface area contributed by atoms with E-state index >= 15 is 0 Å². The molecule has 24 heavy (non-hydrogen) atoms. The standard InChI is InChI=1S/C16H20FN5S.HI/c1-12-11-23-15(20-12)10-19-16(18)22-8-6-21(7-9-22)14-4-2-13(17)3-5-14;/h2-5,11H,6-10H2,1H3,(H2,18,19);1H. The fraction of sp³-hybridized carbons (Fsp3) is 0.375. The maximum absolute atomic E-state index is 13.0. The largest absolute Gasteiger partial charge is 0.370 e. The van der Waals surface area contributed by atoms with Crippen LogP contribution in [0.3, 0.4) is 0 Å². The molecule has 1 aromatic carbocycles. The van der Waals surface area contributed by atoms with E-state index in [1.807, 2.05) is 24.4 Å². The zero-order valence-corrected chi connectivity index (χ0v) is 16.6. The molecule has 0 spiro atoms. The zero-order valence-electron chi connectivity index (χ0n) is 13.5. The summed E-state index contributed by atoms with van der Waals surface area (Å²) in [6.45, 7) is 5.81. The van der Waals surface area contributed by atoms with Gasteiger partial charge in [0.1, 0.15) is 10.8 Å². The first-order chi connectivity index (χ1) is 11.1. The van der Waals surface area contributed by atoms with Gasteiger partial charge in [0.15, 0.2) is 5.96 Å². The molecule has 1 aromatic heterocycles. The van der Waals surface area contributed by atoms with E-state index in [1.165, 1.54) is 12.1 Å². The molecule has 8 heteroatoms. The van der Waals surface area contributed by atoms with Gasteiger partial charge in [-0.15, -0.1) is 35.3 Å². The number of halogens is 2. The Morgan fingerprint density at radius 2 is 1.92 bits per heavy atom. The van der Waals surface area contributed by atoms with Crippen molar-refractivity contribution in [2.24, 2.45) is 10.7 Å². The predicted molar refractivity (Wildman–Crippen MR) is 108 cm³/mol. The molecule has 1 aliphatic rings. The highest BCUT2D eigenvalue weighted by Crippen LogP contribution is 2.17. The fourth-order valence-electron chi connectivity index (χ4n) is 2.57. The van der Waals surface area contributed by atoms with Crippen molar-refractivity contribution in [3.8, 4) is 0 Å². The maximum Gasteiger partial charge on any atom is 0.191 e. The lowest BCUT2D eigenvalue weighted by Crippen LogP contribution is -2.51. The summed E-state index contributed by atoms with van der Waals surface area (Å²) in [5.41, 5.74) is 8.15. The van der Waals surface area contributed by atoms with E-state index in [0.717, 1.165) is 42.6 Å². The van der Waals surface area contributed by atoms with Crippen LogP contribution in [0.5, 0.6) is 0 Å². The Balaban J connectivity index is 0.00000208. The topological polar surface area (TPSA) is 57.8 Å². The van der Waals surface area contributed by atoms with Gasteiger partial charge in [0.05, 0.1) is 6.54 Å². The molecule has 0 aliphatic carbocycles. The molecule has 3 rings (SSSR count). The highest BCUT2D eigenvalue weighted by molar-refractivity contribution is 14.0. The molecule has 0 atom stereocenters. The number of guanidine groups is 1. The number of nitrogens with two attached hydrogens (primary N) is 1. The third-order valence-electron chi connectivity index (χ3n) is 3.84. The lowest BCUT2D eigenvalue weighted by atomic mass is 10.2. The number of anilines is 1. The minimum absolute atomic E-state index is 0. The third kappa shape index (κ3) is 4.79. The summed E-state index contributed by atoms with van der Waals surface area (Å²) < 4.78 is 13.0. The van der Waals surface area contributed by atoms with Gasteiger partial charge in [-0.3, -0.25) is 0 Å². The van der Waals surface area contributed by atoms with Gasteiger partial charge in [0.2, 0.25) is 0 Å². The van der Waals surface area contributed by atoms with Gasteiger partial charge in [-0.1, -0.05) is 0 Å². The number of benzene rings is 1. The van der Waals surface area contributed by atoms with Crippen molar-refractivity contribution >= 4 is 47.0 Å². The predicted octanol–water partition coefficient (Wildman–Crippen LogP) is 2.85. The number of hydrogen-bond acceptors (Lipinski definition) is 4. The van der Waals surface area contributed by atoms with Crippen LogP contribution in [-0.4, -0.2) is 42.0 Å². The summed E-state index contributed by atoms with van der Waals surface area (Å²) in [6.07, 6.45) is 0. The number of thiazole rings is 1. The van der Waals surface area contributed by atoms with Gasteiger partial charge < -0.3 is 15.5 Å². The Morgan fingerprint density at radius 1 is 1.25 bits per heavy atom. The number of aromatic nitrogens is 1. The lowest BCUT2D eigenvalue weighted by Gasteiger charge is -2.36. The molecular formula is C16H21FIN5S. The molecule has 0 bridgehead atoms. The van der Waals surface area contributed by atoms with Crippen molar-refractivity contribution in [1.29, 1.82) is 0 Å². The van der Waals surface area contributed by atoms with Crippen molar-refractivity contribution in [1.82, 2.24) is 9.88 Å². The van der Waals surface area contributed by atoms with E-state index in [-0.39, 0.29) is 29.8 Å². The van der Waals surface area contributed by atoms with Crippen LogP contribution >= 0.6 is 35.3 Å². The highest BCUT2D eigenvalue weighted by Gasteiger charge is 2.18. The first-order valence-corrected chi connectivity index (χ1v) is 8.46. The van der Waals surface area contributed by atoms with Crippen molar-refractivity contribution in [2.45, 2.75) is 13.5 Å². The van der Waals surface area contributed by atoms with Gasteiger partial charge in [0, 0.05) is 42.9 Å². The van der Waals surface area contributed by atoms with E-state index in [9.17, 15) is 4.39 Å². The molecule has 2 N–H and O–H groups in total. The Morgan fingerprint density at radius 3 is 2.50 bits per heavy atom. The van der Waals surface area contributed by atoms with Crippen molar-refractivity contribution in [2.75, 3.05) is 31.1 Å². The van der Waals surface area contributed by atoms with Crippen LogP contribution in [0.1, 0.15) is 10.7 Å². The summed E-state index contributed by atoms with van der Waals surface area (Å²) in [5.74, 6) is 0.359. The normalized spacial score (nSPS) is 15.3. The second-order valence-electron chi connectivity index (χ2n) is 5.51. The summed E-state index contributed by atoms with van der Waals surface area (Å²) >= 11 is 1.61. The van der Waals surface area contributed by atoms with Crippen LogP contribution in [0.25, 0.3) is 0 Å². The molecule has 130 valence electrons. The lowest BCUT2D eigenvalue weighted by molar-refractivity contribution is 0.380. The highest BCUT2D eigenvalue weighted by atomic mass is 127. The second-order valence-corrected chi connectivity index (χ2v) is 6.45. The van der Waals surface area contributed by atoms with Crippen LogP contribution in [0.4, 0.5) is 10.1 Å². The van der Waals surface area contributed by atoms with Crippen LogP contribution in [0, 0.1) is 12.7 Å². The van der Waals surface area contributed by atoms with E-state index in [0.29, 0.717) is 12.5 Å². The van der Waals surface area contributed by atoms with Gasteiger partial charge >= 0.3 is 0 Å². The molecular weight excluding hydrogens is 440 g/mol. The monoisotopic (exact) mass is 461 g/mol. The van der Waals surface area contributed by atoms with Crippen LogP contribution in [-0.2, 0) is 6.54 Å². The quantitative estimate of drug-likeness (QED) is 0.434. The Kier molecular flexibility index (Phi) is 6.79. The summed E-state index contributed by atoms with van der Waals surface area (Å²) in [6, 6.07) is 6.61. The van der Waals surface area contributed by atoms with Crippen molar-refractivity contribution in [3.63, 3.8) is 0 Å². The molecule has 0 amide bonds. The zero-order chi connectivity index (χ0) is 16.2. The molecule has 1 aliphatic heterocycles. The number of rotatable bonds is 3. The number of aliphatic imine (C=N–C) groups is 1. The average Bonchev–Trinajstić information content (AvgIpc) is 2.99. The minimum atomic E-state index is -0.207. The van der Waals surface area contributed by atoms with E-state index in [1.54, 1.807) is 11.3 Å². The second kappa shape index (κ2) is 8.61. The Bertz CT molecular complexity index is 680. The SMILES string of the molecule is Cc1csc(CN=C(N)N2CCN(c3ccc(F)cc3)CC2)n1.I. The molecule has 1 fully saturated rings. The Hall–Kier alpha value is -1.42. The molecule has 2 heterocycles. The molecule has 0 saturated carbocycles. The summed E-state index contributed by atoms with van der Waals surface area (Å²) in [4.78, 5) is 13.1.